The molecule has 0 aliphatic heterocycles. The number of hydrogen-bond acceptors (Lipinski definition) is 6. The summed E-state index contributed by atoms with van der Waals surface area (Å²) >= 11 is 3.06. The summed E-state index contributed by atoms with van der Waals surface area (Å²) in [5.74, 6) is -0.908. The molecule has 2 aromatic rings. The fraction of sp³-hybridized carbons (Fsp3) is 0. The van der Waals surface area contributed by atoms with Gasteiger partial charge >= 0.3 is 0 Å². The number of allylic oxidation sites excluding steroid dienone is 1. The molecule has 0 spiro atoms. The van der Waals surface area contributed by atoms with Crippen molar-refractivity contribution in [2.45, 2.75) is 0 Å². The molecular weight excluding hydrogens is 319 g/mol. The predicted molar refractivity (Wildman–Crippen MR) is 67.2 cm³/mol. The van der Waals surface area contributed by atoms with Gasteiger partial charge in [-0.25, -0.2) is 4.39 Å². The average molecular weight is 325 g/mol. The predicted octanol–water partition coefficient (Wildman–Crippen LogP) is 1.78. The highest BCUT2D eigenvalue weighted by Crippen LogP contribution is 2.34. The van der Waals surface area contributed by atoms with E-state index in [-0.39, 0.29) is 22.8 Å². The molecule has 0 atom stereocenters. The van der Waals surface area contributed by atoms with Gasteiger partial charge in [0.15, 0.2) is 11.6 Å². The lowest BCUT2D eigenvalue weighted by molar-refractivity contribution is 0.469. The molecule has 0 saturated carbocycles. The van der Waals surface area contributed by atoms with E-state index in [4.69, 9.17) is 5.26 Å². The number of tetrazole rings is 1. The number of aromatic hydroxyl groups is 1. The van der Waals surface area contributed by atoms with Crippen LogP contribution in [-0.4, -0.2) is 25.7 Å². The van der Waals surface area contributed by atoms with Crippen molar-refractivity contribution in [3.05, 3.63) is 34.4 Å². The first-order chi connectivity index (χ1) is 9.13. The molecule has 96 valence electrons. The van der Waals surface area contributed by atoms with E-state index in [1.165, 1.54) is 18.3 Å². The maximum Gasteiger partial charge on any atom is 0.216 e. The molecule has 1 heterocycles. The fourth-order valence-electron chi connectivity index (χ4n) is 1.25. The number of nitrogens with zero attached hydrogens (tertiary/aromatic N) is 4. The highest BCUT2D eigenvalue weighted by Gasteiger charge is 2.11. The summed E-state index contributed by atoms with van der Waals surface area (Å²) in [5, 5.41) is 33.8. The van der Waals surface area contributed by atoms with E-state index in [0.717, 1.165) is 0 Å². The van der Waals surface area contributed by atoms with E-state index >= 15 is 0 Å². The largest absolute Gasteiger partial charge is 0.505 e. The standard InChI is InChI=1S/C10H6BrFN6O/c11-6-1-2-7(12)8(9(6)19)14-4-5(3-13)10-15-17-18-16-10/h1-2,4,14,19H,(H,15,16,17,18). The van der Waals surface area contributed by atoms with Crippen molar-refractivity contribution >= 4 is 27.2 Å². The van der Waals surface area contributed by atoms with Crippen LogP contribution >= 0.6 is 15.9 Å². The summed E-state index contributed by atoms with van der Waals surface area (Å²) in [5.41, 5.74) is -0.127. The Kier molecular flexibility index (Phi) is 3.72. The summed E-state index contributed by atoms with van der Waals surface area (Å²) in [7, 11) is 0. The second-order valence-electron chi connectivity index (χ2n) is 3.30. The van der Waals surface area contributed by atoms with Crippen LogP contribution < -0.4 is 5.32 Å². The van der Waals surface area contributed by atoms with Gasteiger partial charge in [-0.05, 0) is 33.3 Å². The van der Waals surface area contributed by atoms with Gasteiger partial charge in [0.2, 0.25) is 5.82 Å². The van der Waals surface area contributed by atoms with Crippen molar-refractivity contribution in [2.24, 2.45) is 0 Å². The smallest absolute Gasteiger partial charge is 0.216 e. The summed E-state index contributed by atoms with van der Waals surface area (Å²) in [4.78, 5) is 0. The van der Waals surface area contributed by atoms with Gasteiger partial charge in [-0.1, -0.05) is 0 Å². The normalized spacial score (nSPS) is 11.1. The van der Waals surface area contributed by atoms with Crippen LogP contribution in [-0.2, 0) is 0 Å². The summed E-state index contributed by atoms with van der Waals surface area (Å²) in [6.07, 6.45) is 1.18. The number of nitriles is 1. The van der Waals surface area contributed by atoms with Crippen LogP contribution in [0.2, 0.25) is 0 Å². The number of hydrogen-bond donors (Lipinski definition) is 3. The Bertz CT molecular complexity index is 663. The highest BCUT2D eigenvalue weighted by atomic mass is 79.9. The van der Waals surface area contributed by atoms with Crippen LogP contribution in [0, 0.1) is 17.1 Å². The molecule has 0 unspecified atom stereocenters. The Hall–Kier alpha value is -2.47. The molecule has 7 nitrogen and oxygen atoms in total. The lowest BCUT2D eigenvalue weighted by Crippen LogP contribution is -1.96. The zero-order chi connectivity index (χ0) is 13.8. The molecule has 2 rings (SSSR count). The lowest BCUT2D eigenvalue weighted by atomic mass is 10.2. The molecule has 19 heavy (non-hydrogen) atoms. The van der Waals surface area contributed by atoms with E-state index in [1.807, 2.05) is 6.07 Å². The molecule has 1 aromatic heterocycles. The second kappa shape index (κ2) is 5.45. The quantitative estimate of drug-likeness (QED) is 0.586. The third-order valence-electron chi connectivity index (χ3n) is 2.15. The monoisotopic (exact) mass is 324 g/mol. The van der Waals surface area contributed by atoms with Crippen molar-refractivity contribution in [1.29, 1.82) is 5.26 Å². The molecule has 0 radical (unpaired) electrons. The van der Waals surface area contributed by atoms with Crippen molar-refractivity contribution in [1.82, 2.24) is 20.6 Å². The number of nitrogens with one attached hydrogen (secondary N) is 2. The first kappa shape index (κ1) is 13.0. The number of phenolic OH excluding ortho intramolecular Hbond substituents is 1. The first-order valence-corrected chi connectivity index (χ1v) is 5.70. The number of benzene rings is 1. The minimum absolute atomic E-state index is 0.0347. The first-order valence-electron chi connectivity index (χ1n) is 4.91. The summed E-state index contributed by atoms with van der Waals surface area (Å²) in [6, 6.07) is 4.36. The van der Waals surface area contributed by atoms with Crippen LogP contribution in [0.1, 0.15) is 5.82 Å². The third kappa shape index (κ3) is 2.69. The number of H-pyrrole nitrogens is 1. The Morgan fingerprint density at radius 3 is 3.00 bits per heavy atom. The van der Waals surface area contributed by atoms with E-state index in [1.54, 1.807) is 0 Å². The summed E-state index contributed by atoms with van der Waals surface area (Å²) < 4.78 is 13.8. The average Bonchev–Trinajstić information content (AvgIpc) is 2.92. The van der Waals surface area contributed by atoms with Crippen LogP contribution in [0.3, 0.4) is 0 Å². The molecule has 0 bridgehead atoms. The van der Waals surface area contributed by atoms with Crippen LogP contribution in [0.4, 0.5) is 10.1 Å². The van der Waals surface area contributed by atoms with Crippen molar-refractivity contribution < 1.29 is 9.50 Å². The van der Waals surface area contributed by atoms with Gasteiger partial charge in [0.05, 0.1) is 4.47 Å². The van der Waals surface area contributed by atoms with Crippen LogP contribution in [0.5, 0.6) is 5.75 Å². The molecule has 0 aliphatic carbocycles. The van der Waals surface area contributed by atoms with Gasteiger partial charge in [-0.2, -0.15) is 10.5 Å². The van der Waals surface area contributed by atoms with E-state index in [9.17, 15) is 9.50 Å². The maximum atomic E-state index is 13.5. The highest BCUT2D eigenvalue weighted by molar-refractivity contribution is 9.10. The third-order valence-corrected chi connectivity index (χ3v) is 2.79. The molecular formula is C10H6BrFN6O. The van der Waals surface area contributed by atoms with Gasteiger partial charge in [0.25, 0.3) is 0 Å². The summed E-state index contributed by atoms with van der Waals surface area (Å²) in [6.45, 7) is 0. The topological polar surface area (TPSA) is 111 Å². The fourth-order valence-corrected chi connectivity index (χ4v) is 1.58. The lowest BCUT2D eigenvalue weighted by Gasteiger charge is -2.07. The minimum atomic E-state index is -0.664. The SMILES string of the molecule is N#CC(=CNc1c(F)ccc(Br)c1O)c1nn[nH]n1. The Morgan fingerprint density at radius 2 is 2.37 bits per heavy atom. The van der Waals surface area contributed by atoms with E-state index in [2.05, 4.69) is 41.9 Å². The number of aromatic nitrogens is 4. The van der Waals surface area contributed by atoms with Crippen molar-refractivity contribution in [3.8, 4) is 11.8 Å². The Morgan fingerprint density at radius 1 is 1.58 bits per heavy atom. The zero-order valence-corrected chi connectivity index (χ0v) is 10.8. The number of anilines is 1. The number of aromatic amines is 1. The Balaban J connectivity index is 2.32. The minimum Gasteiger partial charge on any atom is -0.505 e. The molecule has 3 N–H and O–H groups in total. The number of rotatable bonds is 3. The molecule has 9 heteroatoms. The molecule has 0 aliphatic rings. The maximum absolute atomic E-state index is 13.5. The number of halogens is 2. The van der Waals surface area contributed by atoms with Crippen molar-refractivity contribution in [3.63, 3.8) is 0 Å². The second-order valence-corrected chi connectivity index (χ2v) is 4.16. The molecule has 0 saturated heterocycles. The van der Waals surface area contributed by atoms with Gasteiger partial charge in [0.1, 0.15) is 17.3 Å². The molecule has 0 amide bonds. The Labute approximate surface area is 114 Å². The van der Waals surface area contributed by atoms with Gasteiger partial charge in [-0.3, -0.25) is 0 Å². The number of phenols is 1. The van der Waals surface area contributed by atoms with Gasteiger partial charge in [-0.15, -0.1) is 10.2 Å². The van der Waals surface area contributed by atoms with E-state index < -0.39 is 5.82 Å². The molecule has 0 fully saturated rings. The molecule has 1 aromatic carbocycles. The van der Waals surface area contributed by atoms with Gasteiger partial charge in [0, 0.05) is 6.20 Å². The van der Waals surface area contributed by atoms with Gasteiger partial charge < -0.3 is 10.4 Å². The van der Waals surface area contributed by atoms with E-state index in [0.29, 0.717) is 4.47 Å². The van der Waals surface area contributed by atoms with Crippen LogP contribution in [0.15, 0.2) is 22.8 Å². The zero-order valence-electron chi connectivity index (χ0n) is 9.22. The van der Waals surface area contributed by atoms with Crippen LogP contribution in [0.25, 0.3) is 5.57 Å². The van der Waals surface area contributed by atoms with Crippen molar-refractivity contribution in [2.75, 3.05) is 5.32 Å².